The Morgan fingerprint density at radius 2 is 1.90 bits per heavy atom. The molecule has 0 bridgehead atoms. The third-order valence-electron chi connectivity index (χ3n) is 7.47. The van der Waals surface area contributed by atoms with E-state index in [9.17, 15) is 19.1 Å². The van der Waals surface area contributed by atoms with Crippen LogP contribution < -0.4 is 15.2 Å². The van der Waals surface area contributed by atoms with Crippen molar-refractivity contribution in [2.45, 2.75) is 25.4 Å². The summed E-state index contributed by atoms with van der Waals surface area (Å²) in [6, 6.07) is 15.7. The van der Waals surface area contributed by atoms with Gasteiger partial charge in [0.2, 0.25) is 11.2 Å². The van der Waals surface area contributed by atoms with E-state index in [1.54, 1.807) is 39.2 Å². The predicted molar refractivity (Wildman–Crippen MR) is 144 cm³/mol. The minimum atomic E-state index is -1.30. The molecule has 0 spiro atoms. The second-order valence-electron chi connectivity index (χ2n) is 9.74. The Labute approximate surface area is 227 Å². The fraction of sp³-hybridized carbons (Fsp3) is 0.241. The van der Waals surface area contributed by atoms with Crippen LogP contribution in [0, 0.1) is 5.82 Å². The van der Waals surface area contributed by atoms with Gasteiger partial charge in [-0.05, 0) is 52.8 Å². The standard InChI is InChI=1S/C29H24FN3O5S/c1-16(34)38-27-23(35)8-10-32-26(27)29(36)31-11-12-37-15-24(31)33(32)25-18-4-2-3-5-20(18)28-21(9-13-39-28)22-14-17(30)6-7-19(22)25/h2-10,13-14,16,24-25,34H,11-12,15H2,1H3/t16?,24-,25?/m1/s1. The predicted octanol–water partition coefficient (Wildman–Crippen LogP) is 3.95. The van der Waals surface area contributed by atoms with Crippen LogP contribution in [-0.2, 0) is 4.74 Å². The Balaban J connectivity index is 1.56. The highest BCUT2D eigenvalue weighted by Crippen LogP contribution is 2.50. The monoisotopic (exact) mass is 545 g/mol. The van der Waals surface area contributed by atoms with Gasteiger partial charge in [-0.25, -0.2) is 4.39 Å². The smallest absolute Gasteiger partial charge is 0.278 e. The average molecular weight is 546 g/mol. The van der Waals surface area contributed by atoms with Crippen molar-refractivity contribution in [2.24, 2.45) is 0 Å². The number of benzene rings is 2. The first-order valence-electron chi connectivity index (χ1n) is 12.7. The van der Waals surface area contributed by atoms with Gasteiger partial charge in [0.05, 0.1) is 19.3 Å². The van der Waals surface area contributed by atoms with Crippen molar-refractivity contribution in [3.05, 3.63) is 99.0 Å². The summed E-state index contributed by atoms with van der Waals surface area (Å²) in [4.78, 5) is 29.5. The Morgan fingerprint density at radius 1 is 1.08 bits per heavy atom. The summed E-state index contributed by atoms with van der Waals surface area (Å²) in [6.45, 7) is 2.28. The van der Waals surface area contributed by atoms with Crippen LogP contribution in [0.2, 0.25) is 0 Å². The summed E-state index contributed by atoms with van der Waals surface area (Å²) < 4.78 is 27.8. The number of carbonyl (C=O) groups is 1. The van der Waals surface area contributed by atoms with Gasteiger partial charge in [-0.1, -0.05) is 30.3 Å². The van der Waals surface area contributed by atoms with Crippen LogP contribution in [-0.4, -0.2) is 52.8 Å². The van der Waals surface area contributed by atoms with Crippen molar-refractivity contribution in [1.29, 1.82) is 0 Å². The van der Waals surface area contributed by atoms with E-state index in [0.717, 1.165) is 32.7 Å². The molecule has 39 heavy (non-hydrogen) atoms. The summed E-state index contributed by atoms with van der Waals surface area (Å²) >= 11 is 1.59. The molecule has 0 radical (unpaired) electrons. The number of aromatic nitrogens is 1. The van der Waals surface area contributed by atoms with Crippen LogP contribution >= 0.6 is 11.3 Å². The minimum absolute atomic E-state index is 0.0294. The van der Waals surface area contributed by atoms with Crippen LogP contribution in [0.4, 0.5) is 4.39 Å². The SMILES string of the molecule is CC(O)Oc1c2n(ccc1=O)N(C1c3ccc(F)cc3-c3ccsc3-c3ccccc31)[C@@H]1COCCN1C2=O. The highest BCUT2D eigenvalue weighted by Gasteiger charge is 2.46. The zero-order valence-corrected chi connectivity index (χ0v) is 21.7. The number of carbonyl (C=O) groups excluding carboxylic acids is 1. The molecular formula is C29H24FN3O5S. The van der Waals surface area contributed by atoms with Crippen LogP contribution in [0.15, 0.2) is 71.0 Å². The molecule has 2 aromatic carbocycles. The van der Waals surface area contributed by atoms with E-state index >= 15 is 0 Å². The number of hydrogen-bond donors (Lipinski definition) is 1. The van der Waals surface area contributed by atoms with Crippen molar-refractivity contribution in [1.82, 2.24) is 9.58 Å². The van der Waals surface area contributed by atoms with E-state index in [-0.39, 0.29) is 29.8 Å². The maximum Gasteiger partial charge on any atom is 0.278 e. The van der Waals surface area contributed by atoms with Gasteiger partial charge in [-0.15, -0.1) is 11.3 Å². The largest absolute Gasteiger partial charge is 0.459 e. The molecule has 3 aliphatic rings. The number of nitrogens with zero attached hydrogens (tertiary/aromatic N) is 3. The fourth-order valence-corrected chi connectivity index (χ4v) is 6.89. The number of thiophene rings is 1. The molecule has 1 fully saturated rings. The maximum atomic E-state index is 14.7. The van der Waals surface area contributed by atoms with Gasteiger partial charge in [-0.3, -0.25) is 19.3 Å². The second kappa shape index (κ2) is 9.04. The number of aliphatic hydroxyl groups is 1. The van der Waals surface area contributed by atoms with Crippen molar-refractivity contribution in [3.8, 4) is 27.3 Å². The number of hydrogen-bond acceptors (Lipinski definition) is 7. The number of ether oxygens (including phenoxy) is 2. The lowest BCUT2D eigenvalue weighted by Crippen LogP contribution is -2.66. The van der Waals surface area contributed by atoms with E-state index in [0.29, 0.717) is 13.2 Å². The zero-order valence-electron chi connectivity index (χ0n) is 20.9. The highest BCUT2D eigenvalue weighted by molar-refractivity contribution is 7.14. The van der Waals surface area contributed by atoms with Gasteiger partial charge in [0, 0.05) is 29.2 Å². The Kier molecular flexibility index (Phi) is 5.58. The molecule has 8 nitrogen and oxygen atoms in total. The number of morpholine rings is 1. The van der Waals surface area contributed by atoms with E-state index in [2.05, 4.69) is 6.07 Å². The summed E-state index contributed by atoms with van der Waals surface area (Å²) in [5.41, 5.74) is 4.04. The third-order valence-corrected chi connectivity index (χ3v) is 8.42. The van der Waals surface area contributed by atoms with Gasteiger partial charge in [0.25, 0.3) is 5.91 Å². The summed E-state index contributed by atoms with van der Waals surface area (Å²) in [7, 11) is 0. The first-order valence-corrected chi connectivity index (χ1v) is 13.6. The molecule has 1 saturated heterocycles. The van der Waals surface area contributed by atoms with Crippen molar-refractivity contribution in [3.63, 3.8) is 0 Å². The molecule has 1 N–H and O–H groups in total. The zero-order chi connectivity index (χ0) is 26.8. The van der Waals surface area contributed by atoms with Crippen LogP contribution in [0.3, 0.4) is 0 Å². The first-order chi connectivity index (χ1) is 18.9. The summed E-state index contributed by atoms with van der Waals surface area (Å²) in [5.74, 6) is -0.940. The van der Waals surface area contributed by atoms with Crippen LogP contribution in [0.25, 0.3) is 21.6 Å². The average Bonchev–Trinajstić information content (AvgIpc) is 3.39. The normalized spacial score (nSPS) is 20.2. The second-order valence-corrected chi connectivity index (χ2v) is 10.7. The lowest BCUT2D eigenvalue weighted by atomic mass is 9.92. The Morgan fingerprint density at radius 3 is 2.74 bits per heavy atom. The Hall–Kier alpha value is -3.99. The van der Waals surface area contributed by atoms with Crippen molar-refractivity contribution < 1.29 is 23.8 Å². The van der Waals surface area contributed by atoms with Crippen LogP contribution in [0.1, 0.15) is 34.6 Å². The number of amides is 1. The molecule has 2 unspecified atom stereocenters. The number of halogens is 1. The fourth-order valence-electron chi connectivity index (χ4n) is 5.93. The van der Waals surface area contributed by atoms with Crippen LogP contribution in [0.5, 0.6) is 5.75 Å². The molecule has 4 aromatic rings. The van der Waals surface area contributed by atoms with Gasteiger partial charge < -0.3 is 19.5 Å². The maximum absolute atomic E-state index is 14.7. The van der Waals surface area contributed by atoms with E-state index in [1.807, 2.05) is 34.7 Å². The number of aliphatic hydroxyl groups excluding tert-OH is 1. The van der Waals surface area contributed by atoms with E-state index < -0.39 is 23.9 Å². The molecule has 1 aliphatic carbocycles. The summed E-state index contributed by atoms with van der Waals surface area (Å²) in [5, 5.41) is 14.0. The molecule has 2 aromatic heterocycles. The highest BCUT2D eigenvalue weighted by atomic mass is 32.1. The minimum Gasteiger partial charge on any atom is -0.459 e. The van der Waals surface area contributed by atoms with E-state index in [1.165, 1.54) is 19.1 Å². The first kappa shape index (κ1) is 24.1. The van der Waals surface area contributed by atoms with Gasteiger partial charge in [-0.2, -0.15) is 0 Å². The van der Waals surface area contributed by atoms with Crippen molar-refractivity contribution >= 4 is 17.2 Å². The van der Waals surface area contributed by atoms with Gasteiger partial charge in [0.1, 0.15) is 12.0 Å². The lowest BCUT2D eigenvalue weighted by molar-refractivity contribution is -0.0235. The Bertz CT molecular complexity index is 1680. The molecule has 198 valence electrons. The van der Waals surface area contributed by atoms with Gasteiger partial charge in [0.15, 0.2) is 12.0 Å². The molecule has 7 rings (SSSR count). The lowest BCUT2D eigenvalue weighted by Gasteiger charge is -2.51. The quantitative estimate of drug-likeness (QED) is 0.393. The summed E-state index contributed by atoms with van der Waals surface area (Å²) in [6.07, 6.45) is -0.261. The molecule has 10 heteroatoms. The molecule has 2 aliphatic heterocycles. The number of fused-ring (bicyclic) bond motifs is 7. The number of pyridine rings is 1. The topological polar surface area (TPSA) is 84.2 Å². The molecule has 3 atom stereocenters. The number of rotatable bonds is 3. The van der Waals surface area contributed by atoms with E-state index in [4.69, 9.17) is 9.47 Å². The molecule has 4 heterocycles. The van der Waals surface area contributed by atoms with Crippen molar-refractivity contribution in [2.75, 3.05) is 24.8 Å². The molecule has 1 amide bonds. The third kappa shape index (κ3) is 3.63. The molecular weight excluding hydrogens is 521 g/mol. The van der Waals surface area contributed by atoms with Gasteiger partial charge >= 0.3 is 0 Å². The molecule has 0 saturated carbocycles.